The van der Waals surface area contributed by atoms with E-state index in [-0.39, 0.29) is 0 Å². The first-order chi connectivity index (χ1) is 7.29. The number of thioether (sulfide) groups is 1. The lowest BCUT2D eigenvalue weighted by molar-refractivity contribution is 0.157. The van der Waals surface area contributed by atoms with Gasteiger partial charge in [0.05, 0.1) is 13.2 Å². The Bertz CT molecular complexity index is 294. The smallest absolute Gasteiger partial charge is 0.143 e. The lowest BCUT2D eigenvalue weighted by Crippen LogP contribution is -2.03. The van der Waals surface area contributed by atoms with E-state index in [1.165, 1.54) is 0 Å². The average Bonchev–Trinajstić information content (AvgIpc) is 2.29. The van der Waals surface area contributed by atoms with Crippen LogP contribution in [0, 0.1) is 0 Å². The molecule has 0 radical (unpaired) electrons. The van der Waals surface area contributed by atoms with Crippen LogP contribution >= 0.6 is 11.8 Å². The van der Waals surface area contributed by atoms with E-state index >= 15 is 0 Å². The Morgan fingerprint density at radius 2 is 2.40 bits per heavy atom. The molecule has 3 nitrogen and oxygen atoms in total. The van der Waals surface area contributed by atoms with Gasteiger partial charge in [0.25, 0.3) is 0 Å². The van der Waals surface area contributed by atoms with E-state index in [2.05, 4.69) is 11.2 Å². The summed E-state index contributed by atoms with van der Waals surface area (Å²) in [4.78, 5) is 4.15. The second kappa shape index (κ2) is 6.69. The number of methoxy groups -OCH3 is 1. The van der Waals surface area contributed by atoms with Crippen molar-refractivity contribution >= 4 is 11.8 Å². The van der Waals surface area contributed by atoms with E-state index in [0.717, 1.165) is 18.6 Å². The number of aliphatic hydroxyl groups excluding tert-OH is 1. The van der Waals surface area contributed by atoms with Gasteiger partial charge >= 0.3 is 0 Å². The summed E-state index contributed by atoms with van der Waals surface area (Å²) in [5.41, 5.74) is 0.640. The van der Waals surface area contributed by atoms with Gasteiger partial charge in [-0.05, 0) is 37.0 Å². The molecule has 0 amide bonds. The van der Waals surface area contributed by atoms with Gasteiger partial charge in [-0.2, -0.15) is 11.8 Å². The summed E-state index contributed by atoms with van der Waals surface area (Å²) in [7, 11) is 1.59. The Balaban J connectivity index is 2.59. The zero-order chi connectivity index (χ0) is 11.1. The van der Waals surface area contributed by atoms with E-state index < -0.39 is 6.10 Å². The second-order valence-electron chi connectivity index (χ2n) is 3.24. The molecular formula is C11H17NO2S. The van der Waals surface area contributed by atoms with Gasteiger partial charge in [0, 0.05) is 6.20 Å². The number of aromatic nitrogens is 1. The summed E-state index contributed by atoms with van der Waals surface area (Å²) in [6, 6.07) is 3.62. The van der Waals surface area contributed by atoms with Crippen LogP contribution in [0.1, 0.15) is 24.6 Å². The van der Waals surface area contributed by atoms with E-state index in [4.69, 9.17) is 4.74 Å². The van der Waals surface area contributed by atoms with E-state index in [0.29, 0.717) is 11.4 Å². The largest absolute Gasteiger partial charge is 0.495 e. The van der Waals surface area contributed by atoms with Gasteiger partial charge in [-0.25, -0.2) is 0 Å². The molecule has 0 bridgehead atoms. The van der Waals surface area contributed by atoms with Crippen LogP contribution in [-0.2, 0) is 0 Å². The van der Waals surface area contributed by atoms with Crippen LogP contribution in [0.3, 0.4) is 0 Å². The second-order valence-corrected chi connectivity index (χ2v) is 4.23. The summed E-state index contributed by atoms with van der Waals surface area (Å²) in [5.74, 6) is 1.72. The molecule has 0 aliphatic rings. The maximum absolute atomic E-state index is 9.91. The Kier molecular flexibility index (Phi) is 5.50. The standard InChI is InChI=1S/C11H17NO2S/c1-14-10-6-3-7-12-11(10)9(13)5-4-8-15-2/h3,6-7,9,13H,4-5,8H2,1-2H3. The number of hydrogen-bond acceptors (Lipinski definition) is 4. The third kappa shape index (κ3) is 3.72. The molecule has 84 valence electrons. The molecule has 0 fully saturated rings. The lowest BCUT2D eigenvalue weighted by Gasteiger charge is -2.12. The summed E-state index contributed by atoms with van der Waals surface area (Å²) in [6.07, 6.45) is 4.94. The maximum atomic E-state index is 9.91. The molecule has 0 aromatic carbocycles. The van der Waals surface area contributed by atoms with Crippen molar-refractivity contribution in [3.8, 4) is 5.75 Å². The van der Waals surface area contributed by atoms with Crippen molar-refractivity contribution in [2.45, 2.75) is 18.9 Å². The van der Waals surface area contributed by atoms with Crippen LogP contribution in [0.5, 0.6) is 5.75 Å². The molecule has 15 heavy (non-hydrogen) atoms. The molecule has 1 heterocycles. The summed E-state index contributed by atoms with van der Waals surface area (Å²) >= 11 is 1.79. The van der Waals surface area contributed by atoms with Gasteiger partial charge < -0.3 is 9.84 Å². The zero-order valence-corrected chi connectivity index (χ0v) is 9.96. The van der Waals surface area contributed by atoms with Crippen LogP contribution in [0.15, 0.2) is 18.3 Å². The molecule has 1 aromatic rings. The minimum absolute atomic E-state index is 0.520. The first kappa shape index (κ1) is 12.3. The van der Waals surface area contributed by atoms with Gasteiger partial charge in [-0.3, -0.25) is 4.98 Å². The number of pyridine rings is 1. The topological polar surface area (TPSA) is 42.4 Å². The van der Waals surface area contributed by atoms with Crippen LogP contribution in [0.2, 0.25) is 0 Å². The predicted octanol–water partition coefficient (Wildman–Crippen LogP) is 2.27. The SMILES string of the molecule is COc1cccnc1C(O)CCCSC. The molecule has 1 aromatic heterocycles. The third-order valence-electron chi connectivity index (χ3n) is 2.16. The highest BCUT2D eigenvalue weighted by Crippen LogP contribution is 2.25. The van der Waals surface area contributed by atoms with Crippen molar-refractivity contribution < 1.29 is 9.84 Å². The molecular weight excluding hydrogens is 210 g/mol. The molecule has 0 spiro atoms. The van der Waals surface area contributed by atoms with E-state index in [9.17, 15) is 5.11 Å². The van der Waals surface area contributed by atoms with Gasteiger partial charge in [-0.1, -0.05) is 0 Å². The highest BCUT2D eigenvalue weighted by molar-refractivity contribution is 7.98. The minimum atomic E-state index is -0.520. The molecule has 1 atom stereocenters. The molecule has 1 unspecified atom stereocenters. The number of nitrogens with zero attached hydrogens (tertiary/aromatic N) is 1. The van der Waals surface area contributed by atoms with Crippen LogP contribution in [-0.4, -0.2) is 29.2 Å². The predicted molar refractivity (Wildman–Crippen MR) is 63.4 cm³/mol. The number of ether oxygens (including phenoxy) is 1. The number of hydrogen-bond donors (Lipinski definition) is 1. The van der Waals surface area contributed by atoms with Gasteiger partial charge in [-0.15, -0.1) is 0 Å². The van der Waals surface area contributed by atoms with Gasteiger partial charge in [0.1, 0.15) is 11.4 Å². The van der Waals surface area contributed by atoms with Crippen LogP contribution < -0.4 is 4.74 Å². The molecule has 1 N–H and O–H groups in total. The van der Waals surface area contributed by atoms with Crippen molar-refractivity contribution in [3.63, 3.8) is 0 Å². The van der Waals surface area contributed by atoms with Crippen molar-refractivity contribution in [2.75, 3.05) is 19.1 Å². The molecule has 0 aliphatic carbocycles. The van der Waals surface area contributed by atoms with Crippen LogP contribution in [0.25, 0.3) is 0 Å². The maximum Gasteiger partial charge on any atom is 0.143 e. The van der Waals surface area contributed by atoms with Crippen molar-refractivity contribution in [2.24, 2.45) is 0 Å². The van der Waals surface area contributed by atoms with Gasteiger partial charge in [0.15, 0.2) is 0 Å². The molecule has 0 saturated carbocycles. The Labute approximate surface area is 94.9 Å². The third-order valence-corrected chi connectivity index (χ3v) is 2.86. The normalized spacial score (nSPS) is 12.5. The quantitative estimate of drug-likeness (QED) is 0.757. The molecule has 0 saturated heterocycles. The Morgan fingerprint density at radius 3 is 3.07 bits per heavy atom. The monoisotopic (exact) mass is 227 g/mol. The highest BCUT2D eigenvalue weighted by Gasteiger charge is 2.13. The first-order valence-electron chi connectivity index (χ1n) is 4.95. The first-order valence-corrected chi connectivity index (χ1v) is 6.35. The van der Waals surface area contributed by atoms with E-state index in [1.54, 1.807) is 31.1 Å². The number of rotatable bonds is 6. The van der Waals surface area contributed by atoms with E-state index in [1.807, 2.05) is 6.07 Å². The zero-order valence-electron chi connectivity index (χ0n) is 9.14. The lowest BCUT2D eigenvalue weighted by atomic mass is 10.1. The summed E-state index contributed by atoms with van der Waals surface area (Å²) < 4.78 is 5.15. The summed E-state index contributed by atoms with van der Waals surface area (Å²) in [6.45, 7) is 0. The number of aliphatic hydroxyl groups is 1. The molecule has 0 aliphatic heterocycles. The molecule has 1 rings (SSSR count). The fraction of sp³-hybridized carbons (Fsp3) is 0.545. The Morgan fingerprint density at radius 1 is 1.60 bits per heavy atom. The fourth-order valence-electron chi connectivity index (χ4n) is 1.38. The highest BCUT2D eigenvalue weighted by atomic mass is 32.2. The van der Waals surface area contributed by atoms with Crippen molar-refractivity contribution in [1.29, 1.82) is 0 Å². The average molecular weight is 227 g/mol. The fourth-order valence-corrected chi connectivity index (χ4v) is 1.84. The van der Waals surface area contributed by atoms with Gasteiger partial charge in [0.2, 0.25) is 0 Å². The van der Waals surface area contributed by atoms with Crippen molar-refractivity contribution in [3.05, 3.63) is 24.0 Å². The van der Waals surface area contributed by atoms with Crippen LogP contribution in [0.4, 0.5) is 0 Å². The van der Waals surface area contributed by atoms with Crippen molar-refractivity contribution in [1.82, 2.24) is 4.98 Å². The Hall–Kier alpha value is -0.740. The minimum Gasteiger partial charge on any atom is -0.495 e. The molecule has 4 heteroatoms. The summed E-state index contributed by atoms with van der Waals surface area (Å²) in [5, 5.41) is 9.91.